The zero-order valence-electron chi connectivity index (χ0n) is 27.1. The molecule has 48 heavy (non-hydrogen) atoms. The lowest BCUT2D eigenvalue weighted by molar-refractivity contribution is -0.171. The largest absolute Gasteiger partial charge is 0.497 e. The van der Waals surface area contributed by atoms with Crippen molar-refractivity contribution in [2.75, 3.05) is 14.2 Å². The van der Waals surface area contributed by atoms with Crippen LogP contribution in [0.4, 0.5) is 0 Å². The van der Waals surface area contributed by atoms with Crippen molar-refractivity contribution in [2.45, 2.75) is 56.5 Å². The number of likely N-dealkylation sites (tertiary alicyclic amines) is 1. The highest BCUT2D eigenvalue weighted by Crippen LogP contribution is 2.65. The molecule has 0 bridgehead atoms. The average molecular weight is 643 g/mol. The summed E-state index contributed by atoms with van der Waals surface area (Å²) < 4.78 is 10.6. The van der Waals surface area contributed by atoms with Crippen LogP contribution in [0.2, 0.25) is 0 Å². The number of methoxy groups -OCH3 is 2. The van der Waals surface area contributed by atoms with Crippen molar-refractivity contribution in [3.63, 3.8) is 0 Å². The molecule has 2 heterocycles. The molecule has 0 radical (unpaired) electrons. The van der Waals surface area contributed by atoms with E-state index in [0.717, 1.165) is 53.9 Å². The van der Waals surface area contributed by atoms with Crippen LogP contribution < -0.4 is 9.47 Å². The molecule has 8 atom stereocenters. The van der Waals surface area contributed by atoms with Crippen molar-refractivity contribution in [3.8, 4) is 11.5 Å². The second kappa shape index (κ2) is 10.9. The molecule has 1 saturated heterocycles. The Kier molecular flexibility index (Phi) is 6.68. The molecule has 0 aromatic heterocycles. The predicted octanol–water partition coefficient (Wildman–Crippen LogP) is 5.96. The summed E-state index contributed by atoms with van der Waals surface area (Å²) in [6.07, 6.45) is 7.49. The number of hydrogen-bond acceptors (Lipinski definition) is 6. The van der Waals surface area contributed by atoms with E-state index in [1.807, 2.05) is 60.7 Å². The molecule has 2 aliphatic heterocycles. The number of amides is 4. The average Bonchev–Trinajstić information content (AvgIpc) is 3.13. The van der Waals surface area contributed by atoms with Gasteiger partial charge in [-0.1, -0.05) is 42.5 Å². The fraction of sp³-hybridized carbons (Fsp3) is 0.400. The van der Waals surface area contributed by atoms with Crippen LogP contribution in [0.3, 0.4) is 0 Å². The smallest absolute Gasteiger partial charge is 0.261 e. The quantitative estimate of drug-likeness (QED) is 0.244. The third kappa shape index (κ3) is 4.13. The van der Waals surface area contributed by atoms with E-state index in [9.17, 15) is 19.2 Å². The Labute approximate surface area is 279 Å². The van der Waals surface area contributed by atoms with Crippen LogP contribution in [0, 0.1) is 29.6 Å². The molecule has 3 fully saturated rings. The molecule has 4 amide bonds. The summed E-state index contributed by atoms with van der Waals surface area (Å²) in [5.41, 5.74) is 5.70. The molecule has 6 aliphatic rings. The topological polar surface area (TPSA) is 93.2 Å². The van der Waals surface area contributed by atoms with E-state index < -0.39 is 5.92 Å². The number of carbonyl (C=O) groups excluding carboxylic acids is 4. The summed E-state index contributed by atoms with van der Waals surface area (Å²) in [4.78, 5) is 59.1. The molecule has 0 spiro atoms. The SMILES string of the molecule is COc1ccc(CN2C(=O)c3ccc4c5c3C(C=CC5C3CCC5C(=O)N(Cc6ccc(OC)cc6)C(=O)C6CCC4C3C65)C2=O)cc1. The van der Waals surface area contributed by atoms with Crippen molar-refractivity contribution >= 4 is 23.6 Å². The first-order chi connectivity index (χ1) is 23.4. The molecule has 3 aromatic carbocycles. The van der Waals surface area contributed by atoms with Gasteiger partial charge in [0, 0.05) is 23.3 Å². The monoisotopic (exact) mass is 642 g/mol. The highest BCUT2D eigenvalue weighted by atomic mass is 16.5. The maximum absolute atomic E-state index is 14.1. The lowest BCUT2D eigenvalue weighted by Gasteiger charge is -2.60. The van der Waals surface area contributed by atoms with E-state index in [1.54, 1.807) is 14.2 Å². The van der Waals surface area contributed by atoms with Crippen molar-refractivity contribution in [1.29, 1.82) is 0 Å². The van der Waals surface area contributed by atoms with Gasteiger partial charge in [0.2, 0.25) is 17.7 Å². The molecular formula is C40H38N2O6. The van der Waals surface area contributed by atoms with Gasteiger partial charge in [-0.15, -0.1) is 0 Å². The molecular weight excluding hydrogens is 604 g/mol. The maximum atomic E-state index is 14.1. The van der Waals surface area contributed by atoms with Gasteiger partial charge in [-0.2, -0.15) is 0 Å². The van der Waals surface area contributed by atoms with Crippen LogP contribution >= 0.6 is 0 Å². The highest BCUT2D eigenvalue weighted by molar-refractivity contribution is 6.13. The molecule has 8 unspecified atom stereocenters. The first-order valence-corrected chi connectivity index (χ1v) is 17.2. The van der Waals surface area contributed by atoms with Gasteiger partial charge in [-0.05, 0) is 108 Å². The number of hydrogen-bond donors (Lipinski definition) is 0. The van der Waals surface area contributed by atoms with Crippen molar-refractivity contribution in [1.82, 2.24) is 9.80 Å². The molecule has 8 nitrogen and oxygen atoms in total. The van der Waals surface area contributed by atoms with Gasteiger partial charge in [-0.3, -0.25) is 29.0 Å². The molecule has 4 aliphatic carbocycles. The van der Waals surface area contributed by atoms with Gasteiger partial charge in [0.15, 0.2) is 0 Å². The number of carbonyl (C=O) groups is 4. The predicted molar refractivity (Wildman–Crippen MR) is 176 cm³/mol. The van der Waals surface area contributed by atoms with Gasteiger partial charge >= 0.3 is 0 Å². The zero-order valence-corrected chi connectivity index (χ0v) is 27.1. The number of ether oxygens (including phenoxy) is 2. The lowest BCUT2D eigenvalue weighted by atomic mass is 9.45. The van der Waals surface area contributed by atoms with E-state index in [0.29, 0.717) is 5.56 Å². The van der Waals surface area contributed by atoms with Crippen LogP contribution in [-0.2, 0) is 27.5 Å². The Balaban J connectivity index is 1.04. The van der Waals surface area contributed by atoms with Crippen LogP contribution in [-0.4, -0.2) is 47.6 Å². The van der Waals surface area contributed by atoms with E-state index in [2.05, 4.69) is 12.1 Å². The van der Waals surface area contributed by atoms with Crippen molar-refractivity contribution in [3.05, 3.63) is 106 Å². The second-order valence-corrected chi connectivity index (χ2v) is 14.4. The van der Waals surface area contributed by atoms with E-state index in [-0.39, 0.29) is 78.1 Å². The Bertz CT molecular complexity index is 1880. The Morgan fingerprint density at radius 1 is 0.604 bits per heavy atom. The molecule has 9 rings (SSSR count). The fourth-order valence-corrected chi connectivity index (χ4v) is 10.4. The summed E-state index contributed by atoms with van der Waals surface area (Å²) in [6.45, 7) is 0.499. The van der Waals surface area contributed by atoms with Gasteiger partial charge in [-0.25, -0.2) is 0 Å². The number of rotatable bonds is 6. The number of fused-ring (bicyclic) bond motifs is 2. The fourth-order valence-electron chi connectivity index (χ4n) is 10.4. The van der Waals surface area contributed by atoms with Crippen LogP contribution in [0.1, 0.15) is 81.6 Å². The molecule has 8 heteroatoms. The van der Waals surface area contributed by atoms with E-state index in [4.69, 9.17) is 9.47 Å². The van der Waals surface area contributed by atoms with Gasteiger partial charge in [0.1, 0.15) is 11.5 Å². The molecule has 0 N–H and O–H groups in total. The second-order valence-electron chi connectivity index (χ2n) is 14.4. The van der Waals surface area contributed by atoms with Crippen LogP contribution in [0.25, 0.3) is 0 Å². The van der Waals surface area contributed by atoms with Gasteiger partial charge < -0.3 is 9.47 Å². The Morgan fingerprint density at radius 2 is 1.19 bits per heavy atom. The van der Waals surface area contributed by atoms with Gasteiger partial charge in [0.25, 0.3) is 5.91 Å². The molecule has 3 aromatic rings. The normalized spacial score (nSPS) is 31.0. The first-order valence-electron chi connectivity index (χ1n) is 17.2. The van der Waals surface area contributed by atoms with E-state index >= 15 is 0 Å². The van der Waals surface area contributed by atoms with Crippen LogP contribution in [0.15, 0.2) is 72.8 Å². The number of piperidine rings is 1. The highest BCUT2D eigenvalue weighted by Gasteiger charge is 2.61. The van der Waals surface area contributed by atoms with Crippen molar-refractivity contribution < 1.29 is 28.7 Å². The maximum Gasteiger partial charge on any atom is 0.261 e. The van der Waals surface area contributed by atoms with E-state index in [1.165, 1.54) is 20.9 Å². The number of benzene rings is 3. The lowest BCUT2D eigenvalue weighted by Crippen LogP contribution is -2.61. The standard InChI is InChI=1S/C40H38N2O6/c1-47-23-7-3-21(4-8-23)19-41-37(43)29-15-11-25-27-13-17-31-36-32(40(46)42(39(31)45)20-22-5-9-24(48-2)10-6-22)18-14-28(34(27)36)26-12-16-30(38(41)44)35(29)33(25)26/h3-12,15-16,25,27-29,31-32,34,36H,13-14,17-20H2,1-2H3. The molecule has 2 saturated carbocycles. The summed E-state index contributed by atoms with van der Waals surface area (Å²) in [7, 11) is 3.23. The Morgan fingerprint density at radius 3 is 1.81 bits per heavy atom. The third-order valence-corrected chi connectivity index (χ3v) is 12.4. The summed E-state index contributed by atoms with van der Waals surface area (Å²) in [6, 6.07) is 19.1. The zero-order chi connectivity index (χ0) is 32.8. The first kappa shape index (κ1) is 29.4. The van der Waals surface area contributed by atoms with Gasteiger partial charge in [0.05, 0.1) is 33.2 Å². The Hall–Kier alpha value is -4.72. The molecule has 244 valence electrons. The minimum Gasteiger partial charge on any atom is -0.497 e. The minimum atomic E-state index is -0.490. The summed E-state index contributed by atoms with van der Waals surface area (Å²) in [5.74, 6) is 0.966. The van der Waals surface area contributed by atoms with Crippen molar-refractivity contribution in [2.24, 2.45) is 29.6 Å². The summed E-state index contributed by atoms with van der Waals surface area (Å²) in [5, 5.41) is 0. The third-order valence-electron chi connectivity index (χ3n) is 12.4. The summed E-state index contributed by atoms with van der Waals surface area (Å²) >= 11 is 0. The number of nitrogens with zero attached hydrogens (tertiary/aromatic N) is 2. The number of allylic oxidation sites excluding steroid dienone is 1. The minimum absolute atomic E-state index is 0.0215. The van der Waals surface area contributed by atoms with Crippen LogP contribution in [0.5, 0.6) is 11.5 Å². The number of imide groups is 2.